The number of aliphatic hydroxyl groups is 1. The molecule has 3 N–H and O–H groups in total. The summed E-state index contributed by atoms with van der Waals surface area (Å²) < 4.78 is 63.6. The molecule has 5 amide bonds. The molecule has 2 radical (unpaired) electrons. The van der Waals surface area contributed by atoms with Crippen LogP contribution >= 0.6 is 0 Å². The molecule has 4 fully saturated rings. The fourth-order valence-electron chi connectivity index (χ4n) is 11.3. The summed E-state index contributed by atoms with van der Waals surface area (Å²) in [5.74, 6) is -1.35. The number of piperidine rings is 1. The van der Waals surface area contributed by atoms with Gasteiger partial charge in [0, 0.05) is 94.1 Å². The third kappa shape index (κ3) is 12.0. The van der Waals surface area contributed by atoms with Crippen LogP contribution in [0.3, 0.4) is 0 Å². The average Bonchev–Trinajstić information content (AvgIpc) is 3.45. The summed E-state index contributed by atoms with van der Waals surface area (Å²) in [6, 6.07) is 6.87. The zero-order valence-corrected chi connectivity index (χ0v) is 44.2. The van der Waals surface area contributed by atoms with Gasteiger partial charge >= 0.3 is 12.2 Å². The third-order valence-corrected chi connectivity index (χ3v) is 16.7. The molecule has 0 saturated carbocycles. The Morgan fingerprint density at radius 1 is 1.10 bits per heavy atom. The van der Waals surface area contributed by atoms with Crippen LogP contribution in [0.4, 0.5) is 18.0 Å². The second kappa shape index (κ2) is 22.1. The van der Waals surface area contributed by atoms with Gasteiger partial charge in [-0.3, -0.25) is 34.4 Å². The first-order valence-corrected chi connectivity index (χ1v) is 26.6. The number of hydrazine groups is 1. The van der Waals surface area contributed by atoms with Gasteiger partial charge in [-0.2, -0.15) is 13.2 Å². The summed E-state index contributed by atoms with van der Waals surface area (Å²) in [6.45, 7) is 15.5. The van der Waals surface area contributed by atoms with Crippen LogP contribution in [-0.4, -0.2) is 183 Å². The fourth-order valence-corrected chi connectivity index (χ4v) is 12.5. The molecule has 9 rings (SSSR count). The Kier molecular flexibility index (Phi) is 16.5. The Morgan fingerprint density at radius 3 is 2.52 bits per heavy atom. The van der Waals surface area contributed by atoms with Crippen molar-refractivity contribution in [3.63, 3.8) is 0 Å². The Bertz CT molecular complexity index is 2510. The lowest BCUT2D eigenvalue weighted by Crippen LogP contribution is -2.63. The Hall–Kier alpha value is -4.90. The summed E-state index contributed by atoms with van der Waals surface area (Å²) >= 11 is 0. The molecule has 6 aliphatic rings. The van der Waals surface area contributed by atoms with Gasteiger partial charge in [-0.1, -0.05) is 40.3 Å². The summed E-state index contributed by atoms with van der Waals surface area (Å²) in [5, 5.41) is 20.1. The van der Waals surface area contributed by atoms with Crippen LogP contribution in [0.15, 0.2) is 49.2 Å². The number of fused-ring (bicyclic) bond motifs is 6. The van der Waals surface area contributed by atoms with Gasteiger partial charge in [0.1, 0.15) is 18.6 Å². The van der Waals surface area contributed by atoms with E-state index in [1.54, 1.807) is 41.2 Å². The fraction of sp³-hybridized carbons (Fsp3) is 0.635. The molecule has 8 heterocycles. The standard InChI is InChI=1S/C52H72F3N9O8Si/c1-9-42(65)62-22-23-72-51(29-62)16-20-61(21-17-51)49(69)59(7)44(32(2)3)46(66)57-39-28-60-26-35(27-60)34-14-15-40-37(24-34)38(25-50(5,6)31-71-48(68)41-13-11-19-64(47(39)67)58-73-41)45(63(40)30-52(53,54)55)36-12-10-18-56-43(36)33(4)70-8/h9-10,12,14-15,18,24,32-33,35,39,41,44,48,58,68H,1,11,13,16-17,19-23,25-31H2,2-8H3,(H,57,66)/t33-,39-,41-,44-,48?/m0/s1. The number of carbonyl (C=O) groups is 4. The maximum Gasteiger partial charge on any atom is 0.406 e. The highest BCUT2D eigenvalue weighted by atomic mass is 28.2. The number of benzene rings is 1. The van der Waals surface area contributed by atoms with E-state index >= 15 is 0 Å². The van der Waals surface area contributed by atoms with Gasteiger partial charge in [-0.05, 0) is 91.8 Å². The second-order valence-electron chi connectivity index (χ2n) is 21.7. The molecule has 4 saturated heterocycles. The molecule has 3 aromatic rings. The minimum Gasteiger partial charge on any atom is -0.375 e. The van der Waals surface area contributed by atoms with E-state index in [2.05, 4.69) is 26.9 Å². The molecule has 6 aliphatic heterocycles. The van der Waals surface area contributed by atoms with Crippen LogP contribution in [0.25, 0.3) is 22.2 Å². The zero-order valence-electron chi connectivity index (χ0n) is 43.2. The predicted molar refractivity (Wildman–Crippen MR) is 269 cm³/mol. The number of halogens is 3. The largest absolute Gasteiger partial charge is 0.406 e. The van der Waals surface area contributed by atoms with Crippen molar-refractivity contribution in [2.75, 3.05) is 79.7 Å². The van der Waals surface area contributed by atoms with Gasteiger partial charge in [0.2, 0.25) is 11.8 Å². The number of rotatable bonds is 9. The Labute approximate surface area is 428 Å². The van der Waals surface area contributed by atoms with Gasteiger partial charge in [0.05, 0.1) is 42.9 Å². The van der Waals surface area contributed by atoms with Gasteiger partial charge in [0.15, 0.2) is 16.0 Å². The van der Waals surface area contributed by atoms with Crippen LogP contribution in [0.5, 0.6) is 0 Å². The van der Waals surface area contributed by atoms with Gasteiger partial charge in [0.25, 0.3) is 5.91 Å². The van der Waals surface area contributed by atoms with E-state index in [0.717, 1.165) is 5.56 Å². The first kappa shape index (κ1) is 54.4. The molecule has 2 aromatic heterocycles. The first-order valence-electron chi connectivity index (χ1n) is 25.5. The maximum absolute atomic E-state index is 14.7. The van der Waals surface area contributed by atoms with Crippen molar-refractivity contribution in [2.24, 2.45) is 11.3 Å². The number of nitrogens with one attached hydrogen (secondary N) is 2. The van der Waals surface area contributed by atoms with E-state index in [1.165, 1.54) is 27.7 Å². The molecular weight excluding hydrogens is 964 g/mol. The summed E-state index contributed by atoms with van der Waals surface area (Å²) in [6.07, 6.45) is -0.943. The number of urea groups is 1. The molecule has 1 aromatic carbocycles. The first-order chi connectivity index (χ1) is 34.6. The van der Waals surface area contributed by atoms with E-state index in [4.69, 9.17) is 14.2 Å². The van der Waals surface area contributed by atoms with Crippen LogP contribution in [0.1, 0.15) is 89.1 Å². The summed E-state index contributed by atoms with van der Waals surface area (Å²) in [5.41, 5.74) is 1.87. The van der Waals surface area contributed by atoms with E-state index in [1.807, 2.05) is 46.8 Å². The number of likely N-dealkylation sites (tertiary alicyclic amines) is 1. The number of morpholine rings is 1. The van der Waals surface area contributed by atoms with Crippen molar-refractivity contribution < 1.29 is 51.7 Å². The molecule has 73 heavy (non-hydrogen) atoms. The third-order valence-electron chi connectivity index (χ3n) is 15.3. The molecule has 1 spiro atoms. The molecule has 398 valence electrons. The van der Waals surface area contributed by atoms with Crippen molar-refractivity contribution in [1.29, 1.82) is 0 Å². The van der Waals surface area contributed by atoms with E-state index in [0.29, 0.717) is 118 Å². The van der Waals surface area contributed by atoms with Crippen LogP contribution in [-0.2, 0) is 41.6 Å². The van der Waals surface area contributed by atoms with Gasteiger partial charge in [-0.25, -0.2) is 4.79 Å². The van der Waals surface area contributed by atoms with Crippen molar-refractivity contribution in [3.8, 4) is 11.3 Å². The van der Waals surface area contributed by atoms with Crippen molar-refractivity contribution in [2.45, 2.75) is 121 Å². The van der Waals surface area contributed by atoms with Crippen LogP contribution < -0.4 is 10.4 Å². The second-order valence-corrected chi connectivity index (χ2v) is 23.0. The Balaban J connectivity index is 1.08. The minimum atomic E-state index is -4.55. The molecule has 21 heteroatoms. The Morgan fingerprint density at radius 2 is 1.84 bits per heavy atom. The number of aliphatic hydroxyl groups excluding tert-OH is 1. The lowest BCUT2D eigenvalue weighted by molar-refractivity contribution is -0.154. The molecule has 6 bridgehead atoms. The number of likely N-dealkylation sites (N-methyl/N-ethyl adjacent to an activating group) is 1. The predicted octanol–water partition coefficient (Wildman–Crippen LogP) is 5.26. The van der Waals surface area contributed by atoms with E-state index in [-0.39, 0.29) is 58.1 Å². The van der Waals surface area contributed by atoms with E-state index in [9.17, 15) is 37.5 Å². The lowest BCUT2D eigenvalue weighted by Gasteiger charge is -2.47. The maximum atomic E-state index is 14.7. The number of pyridine rings is 1. The smallest absolute Gasteiger partial charge is 0.375 e. The zero-order chi connectivity index (χ0) is 52.6. The van der Waals surface area contributed by atoms with Crippen molar-refractivity contribution in [3.05, 3.63) is 66.0 Å². The lowest BCUT2D eigenvalue weighted by atomic mass is 9.83. The summed E-state index contributed by atoms with van der Waals surface area (Å²) in [7, 11) is 3.03. The average molecular weight is 1040 g/mol. The number of ether oxygens (including phenoxy) is 3. The number of alkyl halides is 3. The molecule has 1 unspecified atom stereocenters. The molecule has 0 aliphatic carbocycles. The topological polar surface area (TPSA) is 174 Å². The highest BCUT2D eigenvalue weighted by Gasteiger charge is 2.45. The summed E-state index contributed by atoms with van der Waals surface area (Å²) in [4.78, 5) is 67.6. The molecule has 5 atom stereocenters. The van der Waals surface area contributed by atoms with Crippen LogP contribution in [0, 0.1) is 11.3 Å². The number of aromatic nitrogens is 2. The quantitative estimate of drug-likeness (QED) is 0.189. The normalized spacial score (nSPS) is 25.6. The monoisotopic (exact) mass is 1040 g/mol. The highest BCUT2D eigenvalue weighted by Crippen LogP contribution is 2.43. The van der Waals surface area contributed by atoms with Crippen LogP contribution in [0.2, 0.25) is 5.54 Å². The SMILES string of the molecule is C=CC(=O)N1CCOC2(CCN(C(=O)N(C)[C@H](C(=O)N[C@H]3CN4CC(C4)c4ccc5c(c4)c(c(-c4cccnc4[C@H](C)OC)n5CC(F)(F)F)CC(C)(C)COC(O)[C@@H]4CCCN(N[Si]4)C3=O)C(C)C)CC2)C1. The number of amides is 5. The number of hydrogen-bond acceptors (Lipinski definition) is 11. The number of nitrogens with zero attached hydrogens (tertiary/aromatic N) is 7. The molecular formula is C52H72F3N9O8Si. The van der Waals surface area contributed by atoms with Crippen molar-refractivity contribution in [1.82, 2.24) is 44.6 Å². The van der Waals surface area contributed by atoms with Gasteiger partial charge < -0.3 is 43.9 Å². The number of carbonyl (C=O) groups excluding carboxylic acids is 4. The minimum absolute atomic E-state index is 0.0341. The van der Waals surface area contributed by atoms with E-state index < -0.39 is 54.1 Å². The van der Waals surface area contributed by atoms with Crippen molar-refractivity contribution >= 4 is 44.3 Å². The molecule has 17 nitrogen and oxygen atoms in total. The highest BCUT2D eigenvalue weighted by molar-refractivity contribution is 6.34. The number of hydrogen-bond donors (Lipinski definition) is 3. The van der Waals surface area contributed by atoms with Gasteiger partial charge in [-0.15, -0.1) is 0 Å². The number of methoxy groups -OCH3 is 1.